The molecule has 0 aliphatic rings. The summed E-state index contributed by atoms with van der Waals surface area (Å²) in [4.78, 5) is 11.6. The van der Waals surface area contributed by atoms with E-state index in [9.17, 15) is 13.2 Å². The highest BCUT2D eigenvalue weighted by Gasteiger charge is 2.03. The highest BCUT2D eigenvalue weighted by molar-refractivity contribution is 7.90. The van der Waals surface area contributed by atoms with Gasteiger partial charge in [0, 0.05) is 18.9 Å². The largest absolute Gasteiger partial charge is 0.352 e. The van der Waals surface area contributed by atoms with Crippen molar-refractivity contribution in [2.24, 2.45) is 0 Å². The van der Waals surface area contributed by atoms with E-state index in [0.29, 0.717) is 0 Å². The van der Waals surface area contributed by atoms with Crippen LogP contribution in [0.25, 0.3) is 16.8 Å². The van der Waals surface area contributed by atoms with Gasteiger partial charge in [-0.2, -0.15) is 0 Å². The van der Waals surface area contributed by atoms with Crippen molar-refractivity contribution in [1.82, 2.24) is 5.32 Å². The Balaban J connectivity index is 2.04. The lowest BCUT2D eigenvalue weighted by Gasteiger charge is -2.02. The topological polar surface area (TPSA) is 63.2 Å². The van der Waals surface area contributed by atoms with Crippen LogP contribution in [0.15, 0.2) is 48.5 Å². The van der Waals surface area contributed by atoms with E-state index in [4.69, 9.17) is 0 Å². The third-order valence-corrected chi connectivity index (χ3v) is 3.96. The summed E-state index contributed by atoms with van der Waals surface area (Å²) in [6.45, 7) is 0.123. The van der Waals surface area contributed by atoms with E-state index >= 15 is 0 Å². The maximum Gasteiger partial charge on any atom is 0.244 e. The lowest BCUT2D eigenvalue weighted by Crippen LogP contribution is -2.27. The first kappa shape index (κ1) is 15.3. The number of rotatable bonds is 5. The van der Waals surface area contributed by atoms with E-state index in [-0.39, 0.29) is 18.2 Å². The van der Waals surface area contributed by atoms with Gasteiger partial charge >= 0.3 is 0 Å². The molecule has 0 saturated heterocycles. The monoisotopic (exact) mass is 303 g/mol. The first-order valence-electron chi connectivity index (χ1n) is 6.57. The summed E-state index contributed by atoms with van der Waals surface area (Å²) >= 11 is 0. The third kappa shape index (κ3) is 4.72. The number of carbonyl (C=O) groups is 1. The first-order valence-corrected chi connectivity index (χ1v) is 8.63. The van der Waals surface area contributed by atoms with E-state index in [2.05, 4.69) is 5.32 Å². The lowest BCUT2D eigenvalue weighted by molar-refractivity contribution is -0.116. The minimum atomic E-state index is -3.05. The van der Waals surface area contributed by atoms with Crippen LogP contribution in [0, 0.1) is 0 Å². The zero-order valence-corrected chi connectivity index (χ0v) is 12.6. The molecule has 110 valence electrons. The van der Waals surface area contributed by atoms with Crippen LogP contribution in [0.3, 0.4) is 0 Å². The molecule has 0 atom stereocenters. The standard InChI is InChI=1S/C16H17NO3S/c1-21(19,20)12-11-17-16(18)10-9-14-7-4-6-13-5-2-3-8-15(13)14/h2-10H,11-12H2,1H3,(H,17,18). The minimum absolute atomic E-state index is 0.0547. The molecule has 0 aliphatic heterocycles. The molecule has 0 saturated carbocycles. The van der Waals surface area contributed by atoms with Crippen molar-refractivity contribution in [1.29, 1.82) is 0 Å². The number of fused-ring (bicyclic) bond motifs is 1. The van der Waals surface area contributed by atoms with Crippen molar-refractivity contribution < 1.29 is 13.2 Å². The molecule has 1 amide bonds. The van der Waals surface area contributed by atoms with Crippen molar-refractivity contribution in [2.75, 3.05) is 18.6 Å². The number of carbonyl (C=O) groups excluding carboxylic acids is 1. The molecule has 0 aromatic heterocycles. The summed E-state index contributed by atoms with van der Waals surface area (Å²) in [6.07, 6.45) is 4.30. The molecule has 0 heterocycles. The van der Waals surface area contributed by atoms with Crippen LogP contribution in [0.4, 0.5) is 0 Å². The second kappa shape index (κ2) is 6.54. The maximum absolute atomic E-state index is 11.6. The summed E-state index contributed by atoms with van der Waals surface area (Å²) < 4.78 is 21.9. The molecule has 0 bridgehead atoms. The molecular formula is C16H17NO3S. The maximum atomic E-state index is 11.6. The zero-order chi connectivity index (χ0) is 15.3. The Hall–Kier alpha value is -2.14. The molecule has 0 spiro atoms. The molecule has 2 rings (SSSR count). The normalized spacial score (nSPS) is 11.9. The highest BCUT2D eigenvalue weighted by Crippen LogP contribution is 2.19. The fraction of sp³-hybridized carbons (Fsp3) is 0.188. The summed E-state index contributed by atoms with van der Waals surface area (Å²) in [5, 5.41) is 4.73. The second-order valence-corrected chi connectivity index (χ2v) is 7.08. The van der Waals surface area contributed by atoms with Crippen molar-refractivity contribution >= 4 is 32.6 Å². The SMILES string of the molecule is CS(=O)(=O)CCNC(=O)C=Cc1cccc2ccccc12. The first-order chi connectivity index (χ1) is 9.96. The molecule has 0 aliphatic carbocycles. The quantitative estimate of drug-likeness (QED) is 0.860. The van der Waals surface area contributed by atoms with Crippen molar-refractivity contribution in [3.8, 4) is 0 Å². The summed E-state index contributed by atoms with van der Waals surface area (Å²) in [7, 11) is -3.05. The van der Waals surface area contributed by atoms with Gasteiger partial charge in [-0.15, -0.1) is 0 Å². The highest BCUT2D eigenvalue weighted by atomic mass is 32.2. The molecule has 5 heteroatoms. The van der Waals surface area contributed by atoms with Gasteiger partial charge in [0.25, 0.3) is 0 Å². The van der Waals surface area contributed by atoms with E-state index in [1.165, 1.54) is 6.08 Å². The molecule has 2 aromatic carbocycles. The van der Waals surface area contributed by atoms with Gasteiger partial charge in [-0.3, -0.25) is 4.79 Å². The number of sulfone groups is 1. The van der Waals surface area contributed by atoms with Gasteiger partial charge in [0.2, 0.25) is 5.91 Å². The Morgan fingerprint density at radius 1 is 1.14 bits per heavy atom. The minimum Gasteiger partial charge on any atom is -0.352 e. The van der Waals surface area contributed by atoms with Crippen LogP contribution in [0.5, 0.6) is 0 Å². The van der Waals surface area contributed by atoms with Crippen LogP contribution < -0.4 is 5.32 Å². The predicted octanol–water partition coefficient (Wildman–Crippen LogP) is 2.01. The summed E-state index contributed by atoms with van der Waals surface area (Å²) in [6, 6.07) is 13.8. The fourth-order valence-electron chi connectivity index (χ4n) is 1.98. The average molecular weight is 303 g/mol. The van der Waals surface area contributed by atoms with Crippen LogP contribution >= 0.6 is 0 Å². The number of benzene rings is 2. The third-order valence-electron chi connectivity index (χ3n) is 3.01. The van der Waals surface area contributed by atoms with Gasteiger partial charge in [-0.05, 0) is 22.4 Å². The van der Waals surface area contributed by atoms with Gasteiger partial charge in [0.05, 0.1) is 5.75 Å². The number of hydrogen-bond acceptors (Lipinski definition) is 3. The van der Waals surface area contributed by atoms with Gasteiger partial charge in [-0.1, -0.05) is 42.5 Å². The van der Waals surface area contributed by atoms with E-state index < -0.39 is 9.84 Å². The van der Waals surface area contributed by atoms with E-state index in [1.807, 2.05) is 42.5 Å². The predicted molar refractivity (Wildman–Crippen MR) is 85.7 cm³/mol. The molecule has 0 unspecified atom stereocenters. The average Bonchev–Trinajstić information content (AvgIpc) is 2.43. The Bertz CT molecular complexity index is 774. The summed E-state index contributed by atoms with van der Waals surface area (Å²) in [5.41, 5.74) is 0.950. The number of nitrogens with one attached hydrogen (secondary N) is 1. The lowest BCUT2D eigenvalue weighted by atomic mass is 10.0. The Morgan fingerprint density at radius 2 is 1.86 bits per heavy atom. The van der Waals surface area contributed by atoms with E-state index in [0.717, 1.165) is 22.6 Å². The number of hydrogen-bond donors (Lipinski definition) is 1. The number of amides is 1. The molecule has 2 aromatic rings. The van der Waals surface area contributed by atoms with Crippen LogP contribution in [-0.4, -0.2) is 32.9 Å². The van der Waals surface area contributed by atoms with E-state index in [1.54, 1.807) is 6.08 Å². The Morgan fingerprint density at radius 3 is 2.62 bits per heavy atom. The summed E-state index contributed by atoms with van der Waals surface area (Å²) in [5.74, 6) is -0.354. The van der Waals surface area contributed by atoms with Crippen molar-refractivity contribution in [3.63, 3.8) is 0 Å². The van der Waals surface area contributed by atoms with Gasteiger partial charge in [0.15, 0.2) is 0 Å². The molecule has 0 radical (unpaired) electrons. The molecular weight excluding hydrogens is 286 g/mol. The van der Waals surface area contributed by atoms with Crippen LogP contribution in [0.2, 0.25) is 0 Å². The van der Waals surface area contributed by atoms with Gasteiger partial charge < -0.3 is 5.32 Å². The van der Waals surface area contributed by atoms with Crippen LogP contribution in [-0.2, 0) is 14.6 Å². The smallest absolute Gasteiger partial charge is 0.244 e. The van der Waals surface area contributed by atoms with Crippen molar-refractivity contribution in [3.05, 3.63) is 54.1 Å². The zero-order valence-electron chi connectivity index (χ0n) is 11.7. The Kier molecular flexibility index (Phi) is 4.75. The van der Waals surface area contributed by atoms with Crippen LogP contribution in [0.1, 0.15) is 5.56 Å². The van der Waals surface area contributed by atoms with Gasteiger partial charge in [0.1, 0.15) is 9.84 Å². The fourth-order valence-corrected chi connectivity index (χ4v) is 2.45. The molecule has 0 fully saturated rings. The Labute approximate surface area is 124 Å². The van der Waals surface area contributed by atoms with Gasteiger partial charge in [-0.25, -0.2) is 8.42 Å². The molecule has 21 heavy (non-hydrogen) atoms. The molecule has 1 N–H and O–H groups in total. The van der Waals surface area contributed by atoms with Crippen molar-refractivity contribution in [2.45, 2.75) is 0 Å². The molecule has 4 nitrogen and oxygen atoms in total. The second-order valence-electron chi connectivity index (χ2n) is 4.82.